The summed E-state index contributed by atoms with van der Waals surface area (Å²) in [5.74, 6) is -0.655. The Morgan fingerprint density at radius 2 is 1.00 bits per heavy atom. The molecule has 0 fully saturated rings. The number of aliphatic carboxylic acids is 1. The molecule has 0 radical (unpaired) electrons. The Hall–Kier alpha value is -0.280. The molecule has 3 nitrogen and oxygen atoms in total. The molecule has 0 aromatic rings. The highest BCUT2D eigenvalue weighted by molar-refractivity contribution is 5.85. The second kappa shape index (κ2) is 20.8. The predicted octanol–water partition coefficient (Wildman–Crippen LogP) is 6.30. The zero-order chi connectivity index (χ0) is 17.2. The van der Waals surface area contributed by atoms with E-state index in [1.165, 1.54) is 90.3 Å². The lowest BCUT2D eigenvalue weighted by Gasteiger charge is -2.17. The van der Waals surface area contributed by atoms with E-state index in [1.54, 1.807) is 0 Å². The van der Waals surface area contributed by atoms with Gasteiger partial charge in [0.1, 0.15) is 0 Å². The molecule has 0 saturated carbocycles. The maximum Gasteiger partial charge on any atom is 0.303 e. The fraction of sp³-hybridized carbons (Fsp3) is 0.950. The number of nitrogens with zero attached hydrogens (tertiary/aromatic N) is 1. The van der Waals surface area contributed by atoms with E-state index in [-0.39, 0.29) is 12.4 Å². The van der Waals surface area contributed by atoms with Gasteiger partial charge in [0.05, 0.1) is 0 Å². The van der Waals surface area contributed by atoms with Crippen LogP contribution in [0.5, 0.6) is 0 Å². The van der Waals surface area contributed by atoms with Crippen LogP contribution in [0.15, 0.2) is 0 Å². The van der Waals surface area contributed by atoms with Crippen LogP contribution in [0.25, 0.3) is 0 Å². The summed E-state index contributed by atoms with van der Waals surface area (Å²) in [7, 11) is 0. The van der Waals surface area contributed by atoms with Crippen molar-refractivity contribution in [2.45, 2.75) is 104 Å². The van der Waals surface area contributed by atoms with Crippen LogP contribution in [0, 0.1) is 0 Å². The molecule has 0 spiro atoms. The van der Waals surface area contributed by atoms with E-state index in [1.807, 2.05) is 0 Å². The molecule has 0 aliphatic rings. The Morgan fingerprint density at radius 3 is 1.33 bits per heavy atom. The van der Waals surface area contributed by atoms with E-state index in [9.17, 15) is 4.79 Å². The lowest BCUT2D eigenvalue weighted by molar-refractivity contribution is -0.137. The highest BCUT2D eigenvalue weighted by Gasteiger charge is 1.99. The van der Waals surface area contributed by atoms with Crippen molar-refractivity contribution in [1.29, 1.82) is 0 Å². The minimum Gasteiger partial charge on any atom is -0.481 e. The summed E-state index contributed by atoms with van der Waals surface area (Å²) >= 11 is 0. The summed E-state index contributed by atoms with van der Waals surface area (Å²) in [5.41, 5.74) is 0. The van der Waals surface area contributed by atoms with E-state index in [2.05, 4.69) is 18.7 Å². The summed E-state index contributed by atoms with van der Waals surface area (Å²) in [4.78, 5) is 12.9. The highest BCUT2D eigenvalue weighted by atomic mass is 35.5. The number of carbonyl (C=O) groups is 1. The lowest BCUT2D eigenvalue weighted by atomic mass is 10.0. The van der Waals surface area contributed by atoms with Crippen molar-refractivity contribution in [3.63, 3.8) is 0 Å². The van der Waals surface area contributed by atoms with Crippen LogP contribution in [-0.2, 0) is 4.79 Å². The van der Waals surface area contributed by atoms with Crippen molar-refractivity contribution in [2.24, 2.45) is 0 Å². The molecule has 1 N–H and O–H groups in total. The van der Waals surface area contributed by atoms with Crippen molar-refractivity contribution < 1.29 is 9.90 Å². The van der Waals surface area contributed by atoms with E-state index in [0.717, 1.165) is 12.8 Å². The van der Waals surface area contributed by atoms with Gasteiger partial charge in [-0.25, -0.2) is 0 Å². The number of carboxylic acids is 1. The van der Waals surface area contributed by atoms with E-state index >= 15 is 0 Å². The summed E-state index contributed by atoms with van der Waals surface area (Å²) < 4.78 is 0. The van der Waals surface area contributed by atoms with Crippen LogP contribution >= 0.6 is 12.4 Å². The van der Waals surface area contributed by atoms with Gasteiger partial charge < -0.3 is 10.0 Å². The number of hydrogen-bond donors (Lipinski definition) is 1. The molecule has 0 heterocycles. The van der Waals surface area contributed by atoms with Crippen LogP contribution in [0.2, 0.25) is 0 Å². The van der Waals surface area contributed by atoms with Crippen molar-refractivity contribution in [3.05, 3.63) is 0 Å². The first-order valence-electron chi connectivity index (χ1n) is 10.1. The first-order valence-corrected chi connectivity index (χ1v) is 10.1. The zero-order valence-electron chi connectivity index (χ0n) is 16.2. The fourth-order valence-corrected chi connectivity index (χ4v) is 3.10. The summed E-state index contributed by atoms with van der Waals surface area (Å²) in [6.07, 6.45) is 17.2. The van der Waals surface area contributed by atoms with E-state index in [0.29, 0.717) is 6.42 Å². The SMILES string of the molecule is CCN(CC)CCCCCCCCCCCCCCCC(=O)O.Cl. The molecule has 0 aromatic carbocycles. The molecule has 24 heavy (non-hydrogen) atoms. The maximum atomic E-state index is 10.4. The second-order valence-corrected chi connectivity index (χ2v) is 6.77. The predicted molar refractivity (Wildman–Crippen MR) is 107 cm³/mol. The molecule has 0 bridgehead atoms. The summed E-state index contributed by atoms with van der Waals surface area (Å²) in [5, 5.41) is 8.55. The van der Waals surface area contributed by atoms with Crippen LogP contribution in [0.1, 0.15) is 104 Å². The molecule has 0 aromatic heterocycles. The van der Waals surface area contributed by atoms with Gasteiger partial charge in [-0.15, -0.1) is 12.4 Å². The van der Waals surface area contributed by atoms with Gasteiger partial charge in [0, 0.05) is 6.42 Å². The third-order valence-corrected chi connectivity index (χ3v) is 4.76. The average Bonchev–Trinajstić information content (AvgIpc) is 2.54. The van der Waals surface area contributed by atoms with Crippen molar-refractivity contribution in [3.8, 4) is 0 Å². The van der Waals surface area contributed by atoms with Crippen LogP contribution in [-0.4, -0.2) is 35.6 Å². The van der Waals surface area contributed by atoms with Gasteiger partial charge in [-0.3, -0.25) is 4.79 Å². The van der Waals surface area contributed by atoms with Gasteiger partial charge in [0.2, 0.25) is 0 Å². The largest absolute Gasteiger partial charge is 0.481 e. The first-order chi connectivity index (χ1) is 11.2. The minimum atomic E-state index is -0.655. The average molecular weight is 364 g/mol. The number of carboxylic acid groups (broad SMARTS) is 1. The number of rotatable bonds is 18. The smallest absolute Gasteiger partial charge is 0.303 e. The summed E-state index contributed by atoms with van der Waals surface area (Å²) in [6.45, 7) is 8.16. The maximum absolute atomic E-state index is 10.4. The van der Waals surface area contributed by atoms with Crippen LogP contribution < -0.4 is 0 Å². The molecule has 0 saturated heterocycles. The Labute approximate surface area is 157 Å². The molecule has 0 rings (SSSR count). The molecular formula is C20H42ClNO2. The Balaban J connectivity index is 0. The van der Waals surface area contributed by atoms with Crippen LogP contribution in [0.4, 0.5) is 0 Å². The third-order valence-electron chi connectivity index (χ3n) is 4.76. The Bertz CT molecular complexity index is 258. The first kappa shape index (κ1) is 26.0. The lowest BCUT2D eigenvalue weighted by Crippen LogP contribution is -2.23. The van der Waals surface area contributed by atoms with Gasteiger partial charge >= 0.3 is 5.97 Å². The van der Waals surface area contributed by atoms with Crippen molar-refractivity contribution in [1.82, 2.24) is 4.90 Å². The Morgan fingerprint density at radius 1 is 0.667 bits per heavy atom. The fourth-order valence-electron chi connectivity index (χ4n) is 3.10. The monoisotopic (exact) mass is 363 g/mol. The molecule has 0 aliphatic carbocycles. The topological polar surface area (TPSA) is 40.5 Å². The number of halogens is 1. The zero-order valence-corrected chi connectivity index (χ0v) is 17.0. The van der Waals surface area contributed by atoms with Gasteiger partial charge in [-0.05, 0) is 32.5 Å². The van der Waals surface area contributed by atoms with Gasteiger partial charge in [0.15, 0.2) is 0 Å². The van der Waals surface area contributed by atoms with Gasteiger partial charge in [-0.2, -0.15) is 0 Å². The van der Waals surface area contributed by atoms with Gasteiger partial charge in [0.25, 0.3) is 0 Å². The molecule has 0 amide bonds. The standard InChI is InChI=1S/C20H41NO2.ClH/c1-3-21(4-2)19-17-15-13-11-9-7-5-6-8-10-12-14-16-18-20(22)23;/h3-19H2,1-2H3,(H,22,23);1H. The Kier molecular flexibility index (Phi) is 22.5. The molecule has 0 atom stereocenters. The number of unbranched alkanes of at least 4 members (excludes halogenated alkanes) is 12. The summed E-state index contributed by atoms with van der Waals surface area (Å²) in [6, 6.07) is 0. The molecule has 4 heteroatoms. The van der Waals surface area contributed by atoms with Crippen LogP contribution in [0.3, 0.4) is 0 Å². The quantitative estimate of drug-likeness (QED) is 0.290. The van der Waals surface area contributed by atoms with Gasteiger partial charge in [-0.1, -0.05) is 84.5 Å². The second-order valence-electron chi connectivity index (χ2n) is 6.77. The molecule has 146 valence electrons. The molecule has 0 unspecified atom stereocenters. The van der Waals surface area contributed by atoms with E-state index in [4.69, 9.17) is 5.11 Å². The molecule has 0 aliphatic heterocycles. The highest BCUT2D eigenvalue weighted by Crippen LogP contribution is 2.13. The van der Waals surface area contributed by atoms with E-state index < -0.39 is 5.97 Å². The molecular weight excluding hydrogens is 322 g/mol. The third kappa shape index (κ3) is 19.8. The number of hydrogen-bond acceptors (Lipinski definition) is 2. The van der Waals surface area contributed by atoms with Crippen molar-refractivity contribution in [2.75, 3.05) is 19.6 Å². The minimum absolute atomic E-state index is 0. The normalized spacial score (nSPS) is 10.8. The van der Waals surface area contributed by atoms with Crippen molar-refractivity contribution >= 4 is 18.4 Å².